The van der Waals surface area contributed by atoms with Crippen LogP contribution in [0.25, 0.3) is 0 Å². The maximum absolute atomic E-state index is 12.0. The molecule has 1 heterocycles. The van der Waals surface area contributed by atoms with Gasteiger partial charge in [-0.15, -0.1) is 0 Å². The van der Waals surface area contributed by atoms with Gasteiger partial charge in [0.05, 0.1) is 43.6 Å². The van der Waals surface area contributed by atoms with E-state index in [-0.39, 0.29) is 22.9 Å². The monoisotopic (exact) mass is 596 g/mol. The molecule has 0 saturated heterocycles. The van der Waals surface area contributed by atoms with E-state index < -0.39 is 5.60 Å². The smallest absolute Gasteiger partial charge is 0.231 e. The molecule has 2 aromatic carbocycles. The molecule has 36 heavy (non-hydrogen) atoms. The number of aromatic nitrogens is 1. The zero-order valence-electron chi connectivity index (χ0n) is 20.9. The maximum Gasteiger partial charge on any atom is 0.231 e. The van der Waals surface area contributed by atoms with Crippen LogP contribution in [0.4, 0.5) is 0 Å². The van der Waals surface area contributed by atoms with Crippen molar-refractivity contribution in [3.05, 3.63) is 87.6 Å². The van der Waals surface area contributed by atoms with Crippen molar-refractivity contribution in [2.24, 2.45) is 5.92 Å². The number of rotatable bonds is 10. The number of hydrogen-bond donors (Lipinski definition) is 1. The van der Waals surface area contributed by atoms with Crippen LogP contribution in [0.3, 0.4) is 0 Å². The van der Waals surface area contributed by atoms with Crippen LogP contribution in [0.15, 0.2) is 59.1 Å². The summed E-state index contributed by atoms with van der Waals surface area (Å²) in [5, 5.41) is 13.1. The standard InChI is InChI=1S/C28H35Cl2N2O3.BrH/c1-32(2,15-16-34-20-21-13-14-25(29)26(30)17-21)19-24-18-31-27(35-24)28(33,22-9-5-3-6-10-22)23-11-7-4-8-12-23;/h3,5-6,9-10,13-14,17-18,23,33H,4,7-8,11-12,15-16,19-20H2,1-2H3;1H/q+1;/p-1/t28-;/m0./s1. The fraction of sp³-hybridized carbons (Fsp3) is 0.464. The number of oxazole rings is 1. The van der Waals surface area contributed by atoms with Gasteiger partial charge in [0.2, 0.25) is 5.89 Å². The minimum atomic E-state index is -1.21. The van der Waals surface area contributed by atoms with Crippen molar-refractivity contribution >= 4 is 23.2 Å². The van der Waals surface area contributed by atoms with Crippen molar-refractivity contribution in [1.82, 2.24) is 4.98 Å². The Labute approximate surface area is 234 Å². The summed E-state index contributed by atoms with van der Waals surface area (Å²) >= 11 is 12.1. The second-order valence-electron chi connectivity index (χ2n) is 10.2. The first kappa shape index (κ1) is 29.2. The fourth-order valence-corrected chi connectivity index (χ4v) is 5.26. The van der Waals surface area contributed by atoms with E-state index in [2.05, 4.69) is 19.1 Å². The average molecular weight is 598 g/mol. The highest BCUT2D eigenvalue weighted by atomic mass is 79.9. The molecule has 0 amide bonds. The molecule has 0 radical (unpaired) electrons. The molecule has 0 unspecified atom stereocenters. The average Bonchev–Trinajstić information content (AvgIpc) is 3.33. The number of ether oxygens (including phenoxy) is 1. The third-order valence-corrected chi connectivity index (χ3v) is 7.71. The Hall–Kier alpha value is -1.41. The number of hydrogen-bond acceptors (Lipinski definition) is 4. The fourth-order valence-electron chi connectivity index (χ4n) is 4.94. The molecular weight excluding hydrogens is 563 g/mol. The SMILES string of the molecule is C[N+](C)(CCOCc1ccc(Cl)c(Cl)c1)Cc1cnc([C@](O)(c2ccccc2)C2CCCCC2)o1.[Br-]. The van der Waals surface area contributed by atoms with Gasteiger partial charge in [0.25, 0.3) is 0 Å². The highest BCUT2D eigenvalue weighted by Gasteiger charge is 2.44. The molecule has 4 rings (SSSR count). The lowest BCUT2D eigenvalue weighted by Gasteiger charge is -2.36. The van der Waals surface area contributed by atoms with Crippen LogP contribution in [0.2, 0.25) is 10.0 Å². The van der Waals surface area contributed by atoms with E-state index in [0.717, 1.165) is 49.1 Å². The molecule has 0 bridgehead atoms. The normalized spacial score (nSPS) is 16.4. The second-order valence-corrected chi connectivity index (χ2v) is 11.0. The van der Waals surface area contributed by atoms with Crippen molar-refractivity contribution in [3.8, 4) is 0 Å². The van der Waals surface area contributed by atoms with Crippen LogP contribution >= 0.6 is 23.2 Å². The molecule has 8 heteroatoms. The molecule has 5 nitrogen and oxygen atoms in total. The number of benzene rings is 2. The minimum Gasteiger partial charge on any atom is -1.00 e. The Morgan fingerprint density at radius 1 is 1.06 bits per heavy atom. The molecule has 1 atom stereocenters. The highest BCUT2D eigenvalue weighted by molar-refractivity contribution is 6.42. The number of nitrogens with zero attached hydrogens (tertiary/aromatic N) is 2. The lowest BCUT2D eigenvalue weighted by molar-refractivity contribution is -0.905. The molecule has 196 valence electrons. The van der Waals surface area contributed by atoms with Gasteiger partial charge < -0.3 is 35.7 Å². The highest BCUT2D eigenvalue weighted by Crippen LogP contribution is 2.43. The second kappa shape index (κ2) is 12.9. The van der Waals surface area contributed by atoms with E-state index >= 15 is 0 Å². The van der Waals surface area contributed by atoms with E-state index in [1.165, 1.54) is 6.42 Å². The van der Waals surface area contributed by atoms with Crippen molar-refractivity contribution < 1.29 is 35.7 Å². The Morgan fingerprint density at radius 3 is 2.47 bits per heavy atom. The summed E-state index contributed by atoms with van der Waals surface area (Å²) in [5.74, 6) is 1.27. The first-order chi connectivity index (χ1) is 16.8. The molecular formula is C28H35BrCl2N2O3. The van der Waals surface area contributed by atoms with Gasteiger partial charge in [-0.25, -0.2) is 4.98 Å². The zero-order valence-corrected chi connectivity index (χ0v) is 24.0. The summed E-state index contributed by atoms with van der Waals surface area (Å²) < 4.78 is 12.8. The van der Waals surface area contributed by atoms with E-state index in [0.29, 0.717) is 40.2 Å². The molecule has 1 aliphatic rings. The summed E-state index contributed by atoms with van der Waals surface area (Å²) in [5.41, 5.74) is 0.636. The third-order valence-electron chi connectivity index (χ3n) is 6.97. The number of quaternary nitrogens is 1. The van der Waals surface area contributed by atoms with Gasteiger partial charge in [-0.1, -0.05) is 78.9 Å². The van der Waals surface area contributed by atoms with Crippen LogP contribution in [0.5, 0.6) is 0 Å². The number of aliphatic hydroxyl groups is 1. The van der Waals surface area contributed by atoms with Crippen LogP contribution < -0.4 is 17.0 Å². The quantitative estimate of drug-likeness (QED) is 0.287. The van der Waals surface area contributed by atoms with E-state index in [9.17, 15) is 5.11 Å². The molecule has 1 saturated carbocycles. The van der Waals surface area contributed by atoms with Crippen molar-refractivity contribution in [2.45, 2.75) is 50.9 Å². The molecule has 0 spiro atoms. The molecule has 1 aromatic heterocycles. The Morgan fingerprint density at radius 2 is 1.78 bits per heavy atom. The molecule has 1 N–H and O–H groups in total. The van der Waals surface area contributed by atoms with E-state index in [4.69, 9.17) is 32.4 Å². The molecule has 1 fully saturated rings. The predicted molar refractivity (Wildman–Crippen MR) is 139 cm³/mol. The Kier molecular flexibility index (Phi) is 10.4. The van der Waals surface area contributed by atoms with Gasteiger partial charge in [-0.05, 0) is 36.1 Å². The summed E-state index contributed by atoms with van der Waals surface area (Å²) in [6, 6.07) is 15.4. The van der Waals surface area contributed by atoms with Crippen molar-refractivity contribution in [2.75, 3.05) is 27.2 Å². The van der Waals surface area contributed by atoms with Gasteiger partial charge in [0.1, 0.15) is 13.1 Å². The summed E-state index contributed by atoms with van der Waals surface area (Å²) in [6.07, 6.45) is 7.18. The Bertz CT molecular complexity index is 1100. The maximum atomic E-state index is 12.0. The largest absolute Gasteiger partial charge is 1.00 e. The summed E-state index contributed by atoms with van der Waals surface area (Å²) in [4.78, 5) is 4.59. The molecule has 0 aliphatic heterocycles. The van der Waals surface area contributed by atoms with Gasteiger partial charge in [-0.2, -0.15) is 0 Å². The van der Waals surface area contributed by atoms with E-state index in [1.807, 2.05) is 42.5 Å². The van der Waals surface area contributed by atoms with Crippen LogP contribution in [-0.4, -0.2) is 41.8 Å². The van der Waals surface area contributed by atoms with Crippen LogP contribution in [0, 0.1) is 5.92 Å². The van der Waals surface area contributed by atoms with E-state index in [1.54, 1.807) is 12.3 Å². The Balaban J connectivity index is 0.00000361. The number of likely N-dealkylation sites (N-methyl/N-ethyl adjacent to an activating group) is 1. The van der Waals surface area contributed by atoms with Crippen molar-refractivity contribution in [1.29, 1.82) is 0 Å². The van der Waals surface area contributed by atoms with Gasteiger partial charge >= 0.3 is 0 Å². The van der Waals surface area contributed by atoms with Gasteiger partial charge in [0, 0.05) is 5.92 Å². The predicted octanol–water partition coefficient (Wildman–Crippen LogP) is 3.59. The van der Waals surface area contributed by atoms with Crippen molar-refractivity contribution in [3.63, 3.8) is 0 Å². The lowest BCUT2D eigenvalue weighted by atomic mass is 9.73. The molecule has 1 aliphatic carbocycles. The molecule has 3 aromatic rings. The topological polar surface area (TPSA) is 55.5 Å². The lowest BCUT2D eigenvalue weighted by Crippen LogP contribution is -3.00. The van der Waals surface area contributed by atoms with Gasteiger partial charge in [0.15, 0.2) is 11.4 Å². The summed E-state index contributed by atoms with van der Waals surface area (Å²) in [7, 11) is 4.27. The van der Waals surface area contributed by atoms with Crippen LogP contribution in [-0.2, 0) is 23.5 Å². The first-order valence-corrected chi connectivity index (χ1v) is 13.1. The van der Waals surface area contributed by atoms with Crippen LogP contribution in [0.1, 0.15) is 54.9 Å². The number of halogens is 3. The zero-order chi connectivity index (χ0) is 24.9. The van der Waals surface area contributed by atoms with Gasteiger partial charge in [-0.3, -0.25) is 0 Å². The minimum absolute atomic E-state index is 0. The summed E-state index contributed by atoms with van der Waals surface area (Å²) in [6.45, 7) is 2.51. The third kappa shape index (κ3) is 7.12. The first-order valence-electron chi connectivity index (χ1n) is 12.3.